The number of nitrogens with one attached hydrogen (secondary N) is 1. The Kier molecular flexibility index (Phi) is 4.04. The van der Waals surface area contributed by atoms with E-state index in [0.29, 0.717) is 17.5 Å². The van der Waals surface area contributed by atoms with Gasteiger partial charge in [0.2, 0.25) is 11.8 Å². The molecular formula is C15H20ClN3O2. The number of ether oxygens (including phenoxy) is 1. The van der Waals surface area contributed by atoms with Crippen molar-refractivity contribution in [3.05, 3.63) is 22.3 Å². The standard InChI is InChI=1S/C15H20ClN3O2/c1-19(8-10-4-6-13(20)17-10)11-5-3-9-7-12(16)18-15(21-2)14(9)11/h7,10-11H,3-6,8H2,1-2H3,(H,17,20)/t10?,11-/m0/s1. The minimum atomic E-state index is 0.159. The van der Waals surface area contributed by atoms with E-state index >= 15 is 0 Å². The number of amides is 1. The van der Waals surface area contributed by atoms with Gasteiger partial charge in [0, 0.05) is 30.6 Å². The number of aryl methyl sites for hydroxylation is 1. The molecule has 1 amide bonds. The second-order valence-corrected chi connectivity index (χ2v) is 6.21. The zero-order chi connectivity index (χ0) is 15.0. The van der Waals surface area contributed by atoms with Crippen LogP contribution >= 0.6 is 11.6 Å². The molecule has 2 heterocycles. The van der Waals surface area contributed by atoms with Crippen LogP contribution in [0.5, 0.6) is 5.88 Å². The molecule has 1 aromatic rings. The lowest BCUT2D eigenvalue weighted by molar-refractivity contribution is -0.119. The van der Waals surface area contributed by atoms with Crippen LogP contribution in [0.3, 0.4) is 0 Å². The second-order valence-electron chi connectivity index (χ2n) is 5.82. The van der Waals surface area contributed by atoms with E-state index in [4.69, 9.17) is 16.3 Å². The maximum absolute atomic E-state index is 11.3. The van der Waals surface area contributed by atoms with E-state index in [0.717, 1.165) is 31.4 Å². The molecule has 1 fully saturated rings. The smallest absolute Gasteiger partial charge is 0.220 e. The van der Waals surface area contributed by atoms with Crippen LogP contribution in [0.2, 0.25) is 5.15 Å². The van der Waals surface area contributed by atoms with Gasteiger partial charge in [-0.2, -0.15) is 0 Å². The number of pyridine rings is 1. The van der Waals surface area contributed by atoms with Crippen molar-refractivity contribution in [1.29, 1.82) is 0 Å². The molecule has 114 valence electrons. The number of carbonyl (C=O) groups is 1. The molecule has 0 saturated carbocycles. The van der Waals surface area contributed by atoms with E-state index < -0.39 is 0 Å². The molecule has 6 heteroatoms. The van der Waals surface area contributed by atoms with Crippen molar-refractivity contribution in [2.45, 2.75) is 37.8 Å². The van der Waals surface area contributed by atoms with Crippen molar-refractivity contribution in [2.24, 2.45) is 0 Å². The van der Waals surface area contributed by atoms with E-state index in [9.17, 15) is 4.79 Å². The van der Waals surface area contributed by atoms with Gasteiger partial charge in [-0.05, 0) is 37.9 Å². The van der Waals surface area contributed by atoms with Crippen molar-refractivity contribution in [3.8, 4) is 5.88 Å². The Hall–Kier alpha value is -1.33. The summed E-state index contributed by atoms with van der Waals surface area (Å²) in [4.78, 5) is 17.9. The molecule has 0 spiro atoms. The first-order valence-corrected chi connectivity index (χ1v) is 7.69. The molecule has 0 bridgehead atoms. The molecule has 5 nitrogen and oxygen atoms in total. The molecule has 1 aromatic heterocycles. The summed E-state index contributed by atoms with van der Waals surface area (Å²) in [5.41, 5.74) is 2.37. The topological polar surface area (TPSA) is 54.5 Å². The molecular weight excluding hydrogens is 290 g/mol. The predicted octanol–water partition coefficient (Wildman–Crippen LogP) is 1.94. The van der Waals surface area contributed by atoms with Crippen molar-refractivity contribution < 1.29 is 9.53 Å². The normalized spacial score (nSPS) is 24.3. The molecule has 1 aliphatic carbocycles. The largest absolute Gasteiger partial charge is 0.481 e. The molecule has 1 N–H and O–H groups in total. The lowest BCUT2D eigenvalue weighted by atomic mass is 10.1. The number of hydrogen-bond acceptors (Lipinski definition) is 4. The Morgan fingerprint density at radius 2 is 2.29 bits per heavy atom. The number of carbonyl (C=O) groups excluding carboxylic acids is 1. The summed E-state index contributed by atoms with van der Waals surface area (Å²) < 4.78 is 5.41. The van der Waals surface area contributed by atoms with Crippen LogP contribution in [0, 0.1) is 0 Å². The van der Waals surface area contributed by atoms with Gasteiger partial charge < -0.3 is 10.1 Å². The highest BCUT2D eigenvalue weighted by Crippen LogP contribution is 2.41. The Morgan fingerprint density at radius 3 is 2.95 bits per heavy atom. The van der Waals surface area contributed by atoms with Crippen LogP contribution < -0.4 is 10.1 Å². The Bertz CT molecular complexity index is 564. The number of nitrogens with zero attached hydrogens (tertiary/aromatic N) is 2. The summed E-state index contributed by atoms with van der Waals surface area (Å²) in [6.07, 6.45) is 3.57. The van der Waals surface area contributed by atoms with E-state index in [-0.39, 0.29) is 18.0 Å². The summed E-state index contributed by atoms with van der Waals surface area (Å²) in [6.45, 7) is 0.849. The van der Waals surface area contributed by atoms with E-state index in [1.54, 1.807) is 7.11 Å². The maximum Gasteiger partial charge on any atom is 0.220 e. The van der Waals surface area contributed by atoms with Crippen LogP contribution in [-0.4, -0.2) is 42.5 Å². The Morgan fingerprint density at radius 1 is 1.48 bits per heavy atom. The fourth-order valence-electron chi connectivity index (χ4n) is 3.43. The average molecular weight is 310 g/mol. The van der Waals surface area contributed by atoms with Gasteiger partial charge in [0.15, 0.2) is 0 Å². The molecule has 1 unspecified atom stereocenters. The molecule has 0 radical (unpaired) electrons. The van der Waals surface area contributed by atoms with Gasteiger partial charge in [-0.3, -0.25) is 9.69 Å². The van der Waals surface area contributed by atoms with Crippen LogP contribution in [0.1, 0.15) is 36.4 Å². The van der Waals surface area contributed by atoms with E-state index in [1.165, 1.54) is 5.56 Å². The first kappa shape index (κ1) is 14.6. The van der Waals surface area contributed by atoms with Crippen molar-refractivity contribution in [3.63, 3.8) is 0 Å². The number of likely N-dealkylation sites (N-methyl/N-ethyl adjacent to an activating group) is 1. The van der Waals surface area contributed by atoms with Gasteiger partial charge >= 0.3 is 0 Å². The van der Waals surface area contributed by atoms with Gasteiger partial charge in [0.1, 0.15) is 5.15 Å². The third-order valence-corrected chi connectivity index (χ3v) is 4.61. The second kappa shape index (κ2) is 5.81. The molecule has 21 heavy (non-hydrogen) atoms. The summed E-state index contributed by atoms with van der Waals surface area (Å²) in [5, 5.41) is 3.50. The Balaban J connectivity index is 1.78. The molecule has 1 aliphatic heterocycles. The number of rotatable bonds is 4. The molecule has 3 rings (SSSR count). The highest BCUT2D eigenvalue weighted by Gasteiger charge is 2.32. The van der Waals surface area contributed by atoms with Crippen LogP contribution in [-0.2, 0) is 11.2 Å². The summed E-state index contributed by atoms with van der Waals surface area (Å²) in [5.74, 6) is 0.786. The van der Waals surface area contributed by atoms with Crippen molar-refractivity contribution in [2.75, 3.05) is 20.7 Å². The lowest BCUT2D eigenvalue weighted by Crippen LogP contribution is -2.38. The predicted molar refractivity (Wildman–Crippen MR) is 80.7 cm³/mol. The van der Waals surface area contributed by atoms with E-state index in [1.807, 2.05) is 6.07 Å². The van der Waals surface area contributed by atoms with Crippen molar-refractivity contribution in [1.82, 2.24) is 15.2 Å². The molecule has 1 saturated heterocycles. The number of methoxy groups -OCH3 is 1. The third-order valence-electron chi connectivity index (χ3n) is 4.42. The number of fused-ring (bicyclic) bond motifs is 1. The molecule has 0 aromatic carbocycles. The summed E-state index contributed by atoms with van der Waals surface area (Å²) in [7, 11) is 3.73. The number of halogens is 1. The van der Waals surface area contributed by atoms with Gasteiger partial charge in [-0.25, -0.2) is 4.98 Å². The number of aromatic nitrogens is 1. The monoisotopic (exact) mass is 309 g/mol. The third kappa shape index (κ3) is 2.85. The zero-order valence-corrected chi connectivity index (χ0v) is 13.1. The minimum Gasteiger partial charge on any atom is -0.481 e. The average Bonchev–Trinajstić information content (AvgIpc) is 3.04. The first-order chi connectivity index (χ1) is 10.1. The lowest BCUT2D eigenvalue weighted by Gasteiger charge is -2.28. The van der Waals surface area contributed by atoms with Crippen LogP contribution in [0.4, 0.5) is 0 Å². The van der Waals surface area contributed by atoms with Crippen LogP contribution in [0.15, 0.2) is 6.07 Å². The van der Waals surface area contributed by atoms with E-state index in [2.05, 4.69) is 22.2 Å². The fraction of sp³-hybridized carbons (Fsp3) is 0.600. The van der Waals surface area contributed by atoms with Gasteiger partial charge in [0.25, 0.3) is 0 Å². The minimum absolute atomic E-state index is 0.159. The van der Waals surface area contributed by atoms with Gasteiger partial charge in [0.05, 0.1) is 7.11 Å². The molecule has 2 atom stereocenters. The number of hydrogen-bond donors (Lipinski definition) is 1. The molecule has 2 aliphatic rings. The van der Waals surface area contributed by atoms with Crippen molar-refractivity contribution >= 4 is 17.5 Å². The first-order valence-electron chi connectivity index (χ1n) is 7.31. The van der Waals surface area contributed by atoms with Gasteiger partial charge in [-0.1, -0.05) is 11.6 Å². The quantitative estimate of drug-likeness (QED) is 0.864. The summed E-state index contributed by atoms with van der Waals surface area (Å²) >= 11 is 6.04. The highest BCUT2D eigenvalue weighted by molar-refractivity contribution is 6.29. The fourth-order valence-corrected chi connectivity index (χ4v) is 3.64. The van der Waals surface area contributed by atoms with Gasteiger partial charge in [-0.15, -0.1) is 0 Å². The maximum atomic E-state index is 11.3. The Labute approximate surface area is 129 Å². The zero-order valence-electron chi connectivity index (χ0n) is 12.4. The SMILES string of the molecule is COc1nc(Cl)cc2c1[C@@H](N(C)CC1CCC(=O)N1)CC2. The summed E-state index contributed by atoms with van der Waals surface area (Å²) in [6, 6.07) is 2.46. The van der Waals surface area contributed by atoms with Crippen LogP contribution in [0.25, 0.3) is 0 Å². The highest BCUT2D eigenvalue weighted by atomic mass is 35.5.